The van der Waals surface area contributed by atoms with E-state index >= 15 is 0 Å². The van der Waals surface area contributed by atoms with Crippen LogP contribution in [0.3, 0.4) is 0 Å². The predicted octanol–water partition coefficient (Wildman–Crippen LogP) is 6.41. The van der Waals surface area contributed by atoms with E-state index in [9.17, 15) is 14.4 Å². The summed E-state index contributed by atoms with van der Waals surface area (Å²) in [5, 5.41) is 9.30. The highest BCUT2D eigenvalue weighted by atomic mass is 79.9. The van der Waals surface area contributed by atoms with Crippen molar-refractivity contribution in [2.45, 2.75) is 57.7 Å². The molecule has 2 aromatic heterocycles. The number of hydrogen-bond donors (Lipinski definition) is 4. The average Bonchev–Trinajstić information content (AvgIpc) is 3.66. The van der Waals surface area contributed by atoms with E-state index in [4.69, 9.17) is 9.72 Å². The zero-order valence-electron chi connectivity index (χ0n) is 38.1. The molecule has 5 aliphatic heterocycles. The zero-order chi connectivity index (χ0) is 46.2. The number of anilines is 7. The number of nitrogens with one attached hydrogen (secondary N) is 4. The summed E-state index contributed by atoms with van der Waals surface area (Å²) in [6.45, 7) is 12.1. The summed E-state index contributed by atoms with van der Waals surface area (Å²) in [6.07, 6.45) is 10.8. The molecular weight excluding hydrogens is 935 g/mol. The van der Waals surface area contributed by atoms with Crippen molar-refractivity contribution >= 4 is 96.8 Å². The van der Waals surface area contributed by atoms with Crippen molar-refractivity contribution in [2.75, 3.05) is 97.4 Å². The minimum absolute atomic E-state index is 0.126. The quantitative estimate of drug-likeness (QED) is 0.0709. The fourth-order valence-corrected chi connectivity index (χ4v) is 11.1. The first-order valence-corrected chi connectivity index (χ1v) is 25.2. The predicted molar refractivity (Wildman–Crippen MR) is 267 cm³/mol. The second kappa shape index (κ2) is 19.5. The molecule has 0 radical (unpaired) electrons. The number of hydrogen-bond acceptors (Lipinski definition) is 16. The van der Waals surface area contributed by atoms with Crippen molar-refractivity contribution in [3.63, 3.8) is 0 Å². The molecule has 67 heavy (non-hydrogen) atoms. The van der Waals surface area contributed by atoms with Crippen LogP contribution < -0.4 is 35.2 Å². The maximum atomic E-state index is 13.2. The summed E-state index contributed by atoms with van der Waals surface area (Å²) in [7, 11) is 1.71. The molecule has 3 amide bonds. The van der Waals surface area contributed by atoms with Gasteiger partial charge in [-0.05, 0) is 89.1 Å². The Bertz CT molecular complexity index is 2690. The molecule has 0 saturated carbocycles. The van der Waals surface area contributed by atoms with Crippen LogP contribution in [0.4, 0.5) is 40.2 Å². The third kappa shape index (κ3) is 9.30. The number of halogens is 1. The highest BCUT2D eigenvalue weighted by Gasteiger charge is 2.40. The molecule has 3 aromatic carbocycles. The summed E-state index contributed by atoms with van der Waals surface area (Å²) in [4.78, 5) is 67.7. The number of nitrogens with zero attached hydrogens (tertiary/aromatic N) is 9. The van der Waals surface area contributed by atoms with E-state index in [1.54, 1.807) is 30.6 Å². The van der Waals surface area contributed by atoms with Crippen LogP contribution in [0.15, 0.2) is 65.5 Å². The first-order chi connectivity index (χ1) is 32.7. The van der Waals surface area contributed by atoms with Gasteiger partial charge in [-0.15, -0.1) is 0 Å². The molecule has 17 nitrogen and oxygen atoms in total. The number of ether oxygens (including phenoxy) is 1. The van der Waals surface area contributed by atoms with Crippen molar-refractivity contribution < 1.29 is 19.1 Å². The van der Waals surface area contributed by atoms with E-state index in [-0.39, 0.29) is 24.1 Å². The van der Waals surface area contributed by atoms with Crippen LogP contribution in [-0.2, 0) is 22.6 Å². The second-order valence-electron chi connectivity index (χ2n) is 18.0. The van der Waals surface area contributed by atoms with Gasteiger partial charge in [0.1, 0.15) is 23.1 Å². The van der Waals surface area contributed by atoms with Gasteiger partial charge in [-0.1, -0.05) is 18.9 Å². The van der Waals surface area contributed by atoms with Crippen LogP contribution in [0, 0.1) is 5.92 Å². The Labute approximate surface area is 403 Å². The standard InChI is InChI=1S/C48H56BrN13O4S/c1-4-30-22-38(54-48-52-24-35(49)45(56-48)53-37-8-7-36-43(44(37)57-67-3)51-14-13-50-36)41(66-2)23-40(30)60-15-11-32(12-16-60)59-19-17-58(18-20-59)25-29-26-61(27-29)33-5-6-34-31(21-33)28-62(47(34)65)39-9-10-42(63)55-46(39)64/h5-8,13-14,21-24,29,32,39,57H,4,9-12,15-20,25-28H2,1-3H3,(H,55,63,64)(H2,52,53,54,56). The number of benzene rings is 3. The van der Waals surface area contributed by atoms with Gasteiger partial charge in [-0.25, -0.2) is 4.98 Å². The van der Waals surface area contributed by atoms with Gasteiger partial charge in [0.15, 0.2) is 0 Å². The van der Waals surface area contributed by atoms with E-state index in [2.05, 4.69) is 96.3 Å². The van der Waals surface area contributed by atoms with E-state index in [1.165, 1.54) is 23.2 Å². The smallest absolute Gasteiger partial charge is 0.255 e. The molecule has 5 aromatic rings. The van der Waals surface area contributed by atoms with Gasteiger partial charge < -0.3 is 39.7 Å². The second-order valence-corrected chi connectivity index (χ2v) is 19.4. The number of methoxy groups -OCH3 is 1. The Balaban J connectivity index is 0.704. The fourth-order valence-electron chi connectivity index (χ4n) is 10.4. The lowest BCUT2D eigenvalue weighted by Gasteiger charge is -2.47. The third-order valence-electron chi connectivity index (χ3n) is 13.9. The molecule has 5 aliphatic rings. The Morgan fingerprint density at radius 3 is 2.46 bits per heavy atom. The molecule has 4 saturated heterocycles. The number of piperazine rings is 1. The van der Waals surface area contributed by atoms with Crippen molar-refractivity contribution in [3.8, 4) is 5.75 Å². The van der Waals surface area contributed by atoms with Crippen molar-refractivity contribution in [3.05, 3.63) is 82.2 Å². The average molecular weight is 991 g/mol. The minimum Gasteiger partial charge on any atom is -0.494 e. The van der Waals surface area contributed by atoms with Crippen LogP contribution in [0.5, 0.6) is 5.75 Å². The molecule has 4 fully saturated rings. The Morgan fingerprint density at radius 2 is 1.70 bits per heavy atom. The number of fused-ring (bicyclic) bond motifs is 2. The number of piperidine rings is 2. The van der Waals surface area contributed by atoms with E-state index < -0.39 is 6.04 Å². The van der Waals surface area contributed by atoms with Gasteiger partial charge in [0.25, 0.3) is 5.91 Å². The number of rotatable bonds is 14. The van der Waals surface area contributed by atoms with Crippen LogP contribution in [0.1, 0.15) is 54.1 Å². The summed E-state index contributed by atoms with van der Waals surface area (Å²) in [6, 6.07) is 14.3. The largest absolute Gasteiger partial charge is 0.494 e. The minimum atomic E-state index is -0.592. The lowest BCUT2D eigenvalue weighted by molar-refractivity contribution is -0.136. The summed E-state index contributed by atoms with van der Waals surface area (Å²) >= 11 is 5.12. The van der Waals surface area contributed by atoms with Gasteiger partial charge in [0, 0.05) is 132 Å². The molecule has 1 atom stereocenters. The molecule has 0 bridgehead atoms. The van der Waals surface area contributed by atoms with Gasteiger partial charge in [0.05, 0.1) is 34.2 Å². The number of carbonyl (C=O) groups is 3. The Kier molecular flexibility index (Phi) is 13.1. The third-order valence-corrected chi connectivity index (χ3v) is 14.9. The summed E-state index contributed by atoms with van der Waals surface area (Å²) in [5.74, 6) is 1.62. The monoisotopic (exact) mass is 989 g/mol. The fraction of sp³-hybridized carbons (Fsp3) is 0.438. The van der Waals surface area contributed by atoms with Gasteiger partial charge in [-0.2, -0.15) is 4.98 Å². The van der Waals surface area contributed by atoms with Crippen molar-refractivity contribution in [2.24, 2.45) is 5.92 Å². The van der Waals surface area contributed by atoms with E-state index in [0.717, 1.165) is 123 Å². The van der Waals surface area contributed by atoms with Crippen molar-refractivity contribution in [1.29, 1.82) is 0 Å². The molecule has 1 unspecified atom stereocenters. The molecule has 0 aliphatic carbocycles. The summed E-state index contributed by atoms with van der Waals surface area (Å²) < 4.78 is 10.1. The lowest BCUT2D eigenvalue weighted by atomic mass is 9.96. The highest BCUT2D eigenvalue weighted by Crippen LogP contribution is 2.39. The van der Waals surface area contributed by atoms with Crippen molar-refractivity contribution in [1.82, 2.24) is 40.0 Å². The molecular formula is C48H56BrN13O4S. The maximum Gasteiger partial charge on any atom is 0.255 e. The zero-order valence-corrected chi connectivity index (χ0v) is 40.5. The van der Waals surface area contributed by atoms with Gasteiger partial charge >= 0.3 is 0 Å². The van der Waals surface area contributed by atoms with Crippen LogP contribution >= 0.6 is 27.9 Å². The molecule has 350 valence electrons. The highest BCUT2D eigenvalue weighted by molar-refractivity contribution is 9.10. The molecule has 19 heteroatoms. The van der Waals surface area contributed by atoms with Gasteiger partial charge in [-0.3, -0.25) is 34.6 Å². The number of imide groups is 1. The first-order valence-electron chi connectivity index (χ1n) is 23.2. The van der Waals surface area contributed by atoms with E-state index in [1.807, 2.05) is 30.5 Å². The Hall–Kier alpha value is -5.76. The normalized spacial score (nSPS) is 19.7. The number of carbonyl (C=O) groups excluding carboxylic acids is 3. The number of aryl methyl sites for hydroxylation is 1. The first kappa shape index (κ1) is 45.0. The maximum absolute atomic E-state index is 13.2. The Morgan fingerprint density at radius 1 is 0.896 bits per heavy atom. The molecule has 0 spiro atoms. The van der Waals surface area contributed by atoms with E-state index in [0.29, 0.717) is 46.7 Å². The molecule has 10 rings (SSSR count). The van der Waals surface area contributed by atoms with Crippen LogP contribution in [0.25, 0.3) is 11.0 Å². The topological polar surface area (TPSA) is 176 Å². The molecule has 4 N–H and O–H groups in total. The van der Waals surface area contributed by atoms with Gasteiger partial charge in [0.2, 0.25) is 17.8 Å². The van der Waals surface area contributed by atoms with Crippen LogP contribution in [0.2, 0.25) is 0 Å². The lowest BCUT2D eigenvalue weighted by Crippen LogP contribution is -2.57. The summed E-state index contributed by atoms with van der Waals surface area (Å²) in [5.41, 5.74) is 9.21. The van der Waals surface area contributed by atoms with Crippen LogP contribution in [-0.4, -0.2) is 137 Å². The number of amides is 3. The number of aromatic nitrogens is 4. The molecule has 7 heterocycles. The SMILES string of the molecule is CCc1cc(Nc2ncc(Br)c(Nc3ccc4nccnc4c3NSC)n2)c(OC)cc1N1CCC(N2CCN(CC3CN(c4ccc5c(c4)CN(C4CCC(=O)NC4=O)C5=O)C3)CC2)CC1.